The molecule has 1 aromatic heterocycles. The Kier molecular flexibility index (Phi) is 7.44. The summed E-state index contributed by atoms with van der Waals surface area (Å²) >= 11 is 1.35. The van der Waals surface area contributed by atoms with E-state index in [0.717, 1.165) is 12.4 Å². The van der Waals surface area contributed by atoms with E-state index in [1.807, 2.05) is 18.4 Å². The number of rotatable bonds is 8. The zero-order valence-corrected chi connectivity index (χ0v) is 19.7. The van der Waals surface area contributed by atoms with Gasteiger partial charge in [0.25, 0.3) is 0 Å². The number of methoxy groups -OCH3 is 2. The lowest BCUT2D eigenvalue weighted by molar-refractivity contribution is -0.129. The molecule has 1 fully saturated rings. The van der Waals surface area contributed by atoms with Crippen molar-refractivity contribution >= 4 is 27.7 Å². The molecule has 0 spiro atoms. The zero-order chi connectivity index (χ0) is 22.6. The maximum Gasteiger partial charge on any atom is 0.243 e. The van der Waals surface area contributed by atoms with Crippen molar-refractivity contribution in [3.8, 4) is 11.5 Å². The summed E-state index contributed by atoms with van der Waals surface area (Å²) < 4.78 is 39.8. The van der Waals surface area contributed by atoms with E-state index >= 15 is 0 Å². The molecule has 2 heterocycles. The molecule has 0 radical (unpaired) electrons. The van der Waals surface area contributed by atoms with E-state index < -0.39 is 10.0 Å². The smallest absolute Gasteiger partial charge is 0.243 e. The van der Waals surface area contributed by atoms with Gasteiger partial charge in [0.2, 0.25) is 15.9 Å². The quantitative estimate of drug-likeness (QED) is 0.532. The number of thioether (sulfide) groups is 1. The summed E-state index contributed by atoms with van der Waals surface area (Å²) in [6.45, 7) is 5.76. The Labute approximate surface area is 186 Å². The molecule has 0 bridgehead atoms. The van der Waals surface area contributed by atoms with E-state index in [9.17, 15) is 13.2 Å². The highest BCUT2D eigenvalue weighted by Crippen LogP contribution is 2.31. The number of aromatic nitrogens is 3. The number of piperazine rings is 1. The van der Waals surface area contributed by atoms with Crippen molar-refractivity contribution in [2.45, 2.75) is 30.4 Å². The first-order chi connectivity index (χ1) is 14.8. The molecular weight excluding hydrogens is 442 g/mol. The zero-order valence-electron chi connectivity index (χ0n) is 18.1. The lowest BCUT2D eigenvalue weighted by atomic mass is 10.3. The number of carbonyl (C=O) groups is 1. The van der Waals surface area contributed by atoms with Crippen molar-refractivity contribution in [2.75, 3.05) is 46.2 Å². The van der Waals surface area contributed by atoms with Crippen molar-refractivity contribution < 1.29 is 22.7 Å². The Morgan fingerprint density at radius 1 is 1.10 bits per heavy atom. The lowest BCUT2D eigenvalue weighted by Crippen LogP contribution is -2.51. The second-order valence-electron chi connectivity index (χ2n) is 6.86. The van der Waals surface area contributed by atoms with Gasteiger partial charge in [0, 0.05) is 38.8 Å². The fourth-order valence-corrected chi connectivity index (χ4v) is 5.74. The molecule has 1 aliphatic rings. The van der Waals surface area contributed by atoms with Crippen LogP contribution in [0.25, 0.3) is 0 Å². The number of benzene rings is 1. The standard InChI is InChI=1S/C19H27N5O5S2/c1-5-24-14(2)20-21-19(24)30-13-18(25)22-8-10-23(11-9-22)31(26,27)15-6-7-16(28-3)17(12-15)29-4/h6-7,12H,5,8-11,13H2,1-4H3. The third-order valence-electron chi connectivity index (χ3n) is 5.13. The van der Waals surface area contributed by atoms with Crippen LogP contribution in [0.3, 0.4) is 0 Å². The second kappa shape index (κ2) is 9.88. The van der Waals surface area contributed by atoms with Crippen LogP contribution in [0.4, 0.5) is 0 Å². The van der Waals surface area contributed by atoms with Crippen LogP contribution in [-0.2, 0) is 21.4 Å². The number of hydrogen-bond acceptors (Lipinski definition) is 8. The summed E-state index contributed by atoms with van der Waals surface area (Å²) in [4.78, 5) is 14.4. The van der Waals surface area contributed by atoms with Crippen LogP contribution in [-0.4, -0.2) is 84.4 Å². The van der Waals surface area contributed by atoms with Crippen LogP contribution < -0.4 is 9.47 Å². The van der Waals surface area contributed by atoms with E-state index in [2.05, 4.69) is 10.2 Å². The van der Waals surface area contributed by atoms with Crippen LogP contribution in [0.2, 0.25) is 0 Å². The first-order valence-electron chi connectivity index (χ1n) is 9.84. The fourth-order valence-electron chi connectivity index (χ4n) is 3.35. The fraction of sp³-hybridized carbons (Fsp3) is 0.526. The first-order valence-corrected chi connectivity index (χ1v) is 12.3. The van der Waals surface area contributed by atoms with Gasteiger partial charge in [-0.1, -0.05) is 11.8 Å². The Morgan fingerprint density at radius 3 is 2.39 bits per heavy atom. The Balaban J connectivity index is 1.60. The van der Waals surface area contributed by atoms with Gasteiger partial charge in [-0.15, -0.1) is 10.2 Å². The highest BCUT2D eigenvalue weighted by atomic mass is 32.2. The van der Waals surface area contributed by atoms with Gasteiger partial charge >= 0.3 is 0 Å². The van der Waals surface area contributed by atoms with Gasteiger partial charge in [-0.25, -0.2) is 8.42 Å². The minimum Gasteiger partial charge on any atom is -0.493 e. The number of ether oxygens (including phenoxy) is 2. The molecule has 12 heteroatoms. The van der Waals surface area contributed by atoms with Gasteiger partial charge in [-0.2, -0.15) is 4.31 Å². The lowest BCUT2D eigenvalue weighted by Gasteiger charge is -2.34. The molecule has 0 unspecified atom stereocenters. The molecule has 2 aromatic rings. The predicted octanol–water partition coefficient (Wildman–Crippen LogP) is 1.25. The van der Waals surface area contributed by atoms with E-state index in [1.165, 1.54) is 42.4 Å². The summed E-state index contributed by atoms with van der Waals surface area (Å²) in [5.41, 5.74) is 0. The SMILES string of the molecule is CCn1c(C)nnc1SCC(=O)N1CCN(S(=O)(=O)c2ccc(OC)c(OC)c2)CC1. The van der Waals surface area contributed by atoms with Gasteiger partial charge < -0.3 is 18.9 Å². The van der Waals surface area contributed by atoms with Crippen LogP contribution in [0.15, 0.2) is 28.3 Å². The number of carbonyl (C=O) groups excluding carboxylic acids is 1. The topological polar surface area (TPSA) is 107 Å². The highest BCUT2D eigenvalue weighted by Gasteiger charge is 2.31. The molecular formula is C19H27N5O5S2. The van der Waals surface area contributed by atoms with Crippen molar-refractivity contribution in [3.63, 3.8) is 0 Å². The summed E-state index contributed by atoms with van der Waals surface area (Å²) in [6.07, 6.45) is 0. The average Bonchev–Trinajstić information content (AvgIpc) is 3.16. The number of nitrogens with zero attached hydrogens (tertiary/aromatic N) is 5. The number of sulfonamides is 1. The van der Waals surface area contributed by atoms with Crippen molar-refractivity contribution in [3.05, 3.63) is 24.0 Å². The Morgan fingerprint density at radius 2 is 1.77 bits per heavy atom. The van der Waals surface area contributed by atoms with Gasteiger partial charge in [0.15, 0.2) is 16.7 Å². The normalized spacial score (nSPS) is 15.2. The molecule has 0 atom stereocenters. The molecule has 0 N–H and O–H groups in total. The van der Waals surface area contributed by atoms with E-state index in [-0.39, 0.29) is 29.6 Å². The van der Waals surface area contributed by atoms with Crippen LogP contribution in [0.1, 0.15) is 12.7 Å². The Hall–Kier alpha value is -2.31. The van der Waals surface area contributed by atoms with Gasteiger partial charge in [-0.3, -0.25) is 4.79 Å². The van der Waals surface area contributed by atoms with Crippen LogP contribution >= 0.6 is 11.8 Å². The van der Waals surface area contributed by atoms with E-state index in [4.69, 9.17) is 9.47 Å². The molecule has 1 amide bonds. The Bertz CT molecular complexity index is 1030. The van der Waals surface area contributed by atoms with Crippen molar-refractivity contribution in [2.24, 2.45) is 0 Å². The predicted molar refractivity (Wildman–Crippen MR) is 116 cm³/mol. The third-order valence-corrected chi connectivity index (χ3v) is 7.97. The monoisotopic (exact) mass is 469 g/mol. The summed E-state index contributed by atoms with van der Waals surface area (Å²) in [7, 11) is -0.744. The van der Waals surface area contributed by atoms with E-state index in [1.54, 1.807) is 11.0 Å². The molecule has 10 nitrogen and oxygen atoms in total. The van der Waals surface area contributed by atoms with Crippen LogP contribution in [0.5, 0.6) is 11.5 Å². The van der Waals surface area contributed by atoms with Crippen LogP contribution in [0, 0.1) is 6.92 Å². The maximum absolute atomic E-state index is 13.0. The molecule has 1 saturated heterocycles. The largest absolute Gasteiger partial charge is 0.493 e. The average molecular weight is 470 g/mol. The summed E-state index contributed by atoms with van der Waals surface area (Å²) in [5.74, 6) is 1.82. The van der Waals surface area contributed by atoms with E-state index in [0.29, 0.717) is 29.7 Å². The van der Waals surface area contributed by atoms with Gasteiger partial charge in [0.1, 0.15) is 5.82 Å². The van der Waals surface area contributed by atoms with Gasteiger partial charge in [-0.05, 0) is 26.0 Å². The molecule has 3 rings (SSSR count). The molecule has 31 heavy (non-hydrogen) atoms. The number of amides is 1. The minimum atomic E-state index is -3.70. The third kappa shape index (κ3) is 4.96. The second-order valence-corrected chi connectivity index (χ2v) is 9.74. The minimum absolute atomic E-state index is 0.0449. The van der Waals surface area contributed by atoms with Crippen molar-refractivity contribution in [1.82, 2.24) is 24.0 Å². The highest BCUT2D eigenvalue weighted by molar-refractivity contribution is 7.99. The van der Waals surface area contributed by atoms with Gasteiger partial charge in [0.05, 0.1) is 24.9 Å². The summed E-state index contributed by atoms with van der Waals surface area (Å²) in [6, 6.07) is 4.52. The molecule has 0 saturated carbocycles. The first kappa shape index (κ1) is 23.4. The molecule has 1 aromatic carbocycles. The van der Waals surface area contributed by atoms with Crippen molar-refractivity contribution in [1.29, 1.82) is 0 Å². The molecule has 170 valence electrons. The summed E-state index contributed by atoms with van der Waals surface area (Å²) in [5, 5.41) is 8.86. The molecule has 0 aliphatic carbocycles. The maximum atomic E-state index is 13.0. The number of aryl methyl sites for hydroxylation is 1. The molecule has 1 aliphatic heterocycles. The number of hydrogen-bond donors (Lipinski definition) is 0.